The van der Waals surface area contributed by atoms with Crippen molar-refractivity contribution in [1.82, 2.24) is 20.8 Å². The summed E-state index contributed by atoms with van der Waals surface area (Å²) in [6, 6.07) is 6.15. The fraction of sp³-hybridized carbons (Fsp3) is 0.429. The number of carbonyl (C=O) groups is 1. The summed E-state index contributed by atoms with van der Waals surface area (Å²) in [4.78, 5) is 12.0. The van der Waals surface area contributed by atoms with Crippen LogP contribution in [-0.2, 0) is 0 Å². The van der Waals surface area contributed by atoms with Gasteiger partial charge in [-0.2, -0.15) is 5.10 Å². The third kappa shape index (κ3) is 2.76. The number of nitrogens with zero attached hydrogens (tertiary/aromatic N) is 1. The first-order valence-corrected chi connectivity index (χ1v) is 6.77. The van der Waals surface area contributed by atoms with Gasteiger partial charge in [0.1, 0.15) is 0 Å². The van der Waals surface area contributed by atoms with Gasteiger partial charge in [-0.3, -0.25) is 9.89 Å². The van der Waals surface area contributed by atoms with Crippen molar-refractivity contribution >= 4 is 16.8 Å². The van der Waals surface area contributed by atoms with Crippen LogP contribution in [0.1, 0.15) is 29.6 Å². The second-order valence-corrected chi connectivity index (χ2v) is 5.01. The number of fused-ring (bicyclic) bond motifs is 1. The van der Waals surface area contributed by atoms with Crippen LogP contribution < -0.4 is 10.6 Å². The number of nitrogens with one attached hydrogen (secondary N) is 3. The molecule has 3 rings (SSSR count). The highest BCUT2D eigenvalue weighted by Crippen LogP contribution is 2.13. The number of hydrogen-bond acceptors (Lipinski definition) is 3. The monoisotopic (exact) mass is 258 g/mol. The first-order valence-electron chi connectivity index (χ1n) is 6.77. The molecule has 19 heavy (non-hydrogen) atoms. The summed E-state index contributed by atoms with van der Waals surface area (Å²) in [5, 5.41) is 14.2. The minimum Gasteiger partial charge on any atom is -0.352 e. The highest BCUT2D eigenvalue weighted by atomic mass is 16.1. The molecule has 1 aromatic heterocycles. The third-order valence-corrected chi connectivity index (χ3v) is 3.64. The smallest absolute Gasteiger partial charge is 0.251 e. The Morgan fingerprint density at radius 3 is 3.26 bits per heavy atom. The van der Waals surface area contributed by atoms with Crippen LogP contribution in [0.2, 0.25) is 0 Å². The van der Waals surface area contributed by atoms with E-state index in [4.69, 9.17) is 0 Å². The average molecular weight is 258 g/mol. The van der Waals surface area contributed by atoms with Crippen LogP contribution in [0.4, 0.5) is 0 Å². The molecule has 1 saturated heterocycles. The van der Waals surface area contributed by atoms with Crippen molar-refractivity contribution in [1.29, 1.82) is 0 Å². The number of amides is 1. The lowest BCUT2D eigenvalue weighted by Gasteiger charge is -2.10. The van der Waals surface area contributed by atoms with Gasteiger partial charge >= 0.3 is 0 Å². The Morgan fingerprint density at radius 2 is 2.42 bits per heavy atom. The van der Waals surface area contributed by atoms with Crippen LogP contribution in [0, 0.1) is 0 Å². The molecule has 0 spiro atoms. The number of benzene rings is 1. The number of aromatic amines is 1. The van der Waals surface area contributed by atoms with Gasteiger partial charge in [0, 0.05) is 23.5 Å². The molecular weight excluding hydrogens is 240 g/mol. The van der Waals surface area contributed by atoms with Gasteiger partial charge in [0.2, 0.25) is 0 Å². The highest BCUT2D eigenvalue weighted by Gasteiger charge is 2.14. The van der Waals surface area contributed by atoms with Crippen LogP contribution in [0.15, 0.2) is 24.4 Å². The minimum absolute atomic E-state index is 0.0190. The molecule has 0 saturated carbocycles. The molecule has 100 valence electrons. The van der Waals surface area contributed by atoms with Gasteiger partial charge in [0.15, 0.2) is 0 Å². The number of hydrogen-bond donors (Lipinski definition) is 3. The van der Waals surface area contributed by atoms with Crippen molar-refractivity contribution in [3.63, 3.8) is 0 Å². The van der Waals surface area contributed by atoms with Crippen LogP contribution in [-0.4, -0.2) is 35.2 Å². The Hall–Kier alpha value is -1.88. The van der Waals surface area contributed by atoms with Crippen LogP contribution in [0.5, 0.6) is 0 Å². The number of aromatic nitrogens is 2. The summed E-state index contributed by atoms with van der Waals surface area (Å²) in [5.41, 5.74) is 1.57. The van der Waals surface area contributed by atoms with Gasteiger partial charge in [0.25, 0.3) is 5.91 Å². The van der Waals surface area contributed by atoms with E-state index >= 15 is 0 Å². The number of carbonyl (C=O) groups excluding carboxylic acids is 1. The zero-order valence-electron chi connectivity index (χ0n) is 10.8. The molecule has 5 nitrogen and oxygen atoms in total. The normalized spacial score (nSPS) is 18.8. The molecule has 0 bridgehead atoms. The molecule has 1 atom stereocenters. The Bertz CT molecular complexity index is 572. The Balaban J connectivity index is 1.56. The lowest BCUT2D eigenvalue weighted by Crippen LogP contribution is -2.30. The van der Waals surface area contributed by atoms with Gasteiger partial charge < -0.3 is 10.6 Å². The minimum atomic E-state index is -0.0190. The Kier molecular flexibility index (Phi) is 3.46. The third-order valence-electron chi connectivity index (χ3n) is 3.64. The van der Waals surface area contributed by atoms with E-state index in [1.165, 1.54) is 12.8 Å². The van der Waals surface area contributed by atoms with E-state index in [1.807, 2.05) is 18.2 Å². The molecule has 1 fully saturated rings. The summed E-state index contributed by atoms with van der Waals surface area (Å²) in [6.45, 7) is 1.83. The molecule has 1 aromatic carbocycles. The maximum atomic E-state index is 12.0. The first-order chi connectivity index (χ1) is 9.33. The predicted molar refractivity (Wildman–Crippen MR) is 74.1 cm³/mol. The summed E-state index contributed by atoms with van der Waals surface area (Å²) in [5.74, 6) is -0.0190. The lowest BCUT2D eigenvalue weighted by molar-refractivity contribution is 0.0952. The SMILES string of the molecule is O=C(NCCC1CCCN1)c1ccc2cn[nH]c2c1. The zero-order chi connectivity index (χ0) is 13.1. The quantitative estimate of drug-likeness (QED) is 0.777. The van der Waals surface area contributed by atoms with Gasteiger partial charge in [-0.05, 0) is 37.9 Å². The summed E-state index contributed by atoms with van der Waals surface area (Å²) >= 11 is 0. The van der Waals surface area contributed by atoms with Crippen molar-refractivity contribution < 1.29 is 4.79 Å². The second kappa shape index (κ2) is 5.40. The number of H-pyrrole nitrogens is 1. The maximum absolute atomic E-state index is 12.0. The fourth-order valence-corrected chi connectivity index (χ4v) is 2.54. The molecule has 2 heterocycles. The standard InChI is InChI=1S/C14H18N4O/c19-14(16-7-5-12-2-1-6-15-12)10-3-4-11-9-17-18-13(11)8-10/h3-4,8-9,12,15H,1-2,5-7H2,(H,16,19)(H,17,18). The van der Waals surface area contributed by atoms with Crippen molar-refractivity contribution in [2.45, 2.75) is 25.3 Å². The van der Waals surface area contributed by atoms with E-state index in [-0.39, 0.29) is 5.91 Å². The van der Waals surface area contributed by atoms with Crippen molar-refractivity contribution in [2.24, 2.45) is 0 Å². The lowest BCUT2D eigenvalue weighted by atomic mass is 10.1. The molecule has 2 aromatic rings. The molecule has 3 N–H and O–H groups in total. The first kappa shape index (κ1) is 12.2. The largest absolute Gasteiger partial charge is 0.352 e. The Morgan fingerprint density at radius 1 is 1.47 bits per heavy atom. The summed E-state index contributed by atoms with van der Waals surface area (Å²) < 4.78 is 0. The van der Waals surface area contributed by atoms with E-state index < -0.39 is 0 Å². The molecule has 1 amide bonds. The molecular formula is C14H18N4O. The van der Waals surface area contributed by atoms with Crippen LogP contribution in [0.25, 0.3) is 10.9 Å². The van der Waals surface area contributed by atoms with Crippen molar-refractivity contribution in [3.8, 4) is 0 Å². The van der Waals surface area contributed by atoms with E-state index in [0.717, 1.165) is 30.4 Å². The molecule has 1 aliphatic heterocycles. The number of rotatable bonds is 4. The maximum Gasteiger partial charge on any atom is 0.251 e. The highest BCUT2D eigenvalue weighted by molar-refractivity contribution is 5.97. The zero-order valence-corrected chi connectivity index (χ0v) is 10.8. The van der Waals surface area contributed by atoms with Crippen molar-refractivity contribution in [3.05, 3.63) is 30.0 Å². The van der Waals surface area contributed by atoms with E-state index in [0.29, 0.717) is 11.6 Å². The van der Waals surface area contributed by atoms with Gasteiger partial charge in [-0.15, -0.1) is 0 Å². The van der Waals surface area contributed by atoms with Gasteiger partial charge in [0.05, 0.1) is 11.7 Å². The topological polar surface area (TPSA) is 69.8 Å². The molecule has 1 aliphatic rings. The van der Waals surface area contributed by atoms with Crippen LogP contribution in [0.3, 0.4) is 0 Å². The molecule has 0 aliphatic carbocycles. The fourth-order valence-electron chi connectivity index (χ4n) is 2.54. The van der Waals surface area contributed by atoms with E-state index in [2.05, 4.69) is 20.8 Å². The van der Waals surface area contributed by atoms with Gasteiger partial charge in [-0.1, -0.05) is 6.07 Å². The van der Waals surface area contributed by atoms with Crippen LogP contribution >= 0.6 is 0 Å². The molecule has 0 radical (unpaired) electrons. The summed E-state index contributed by atoms with van der Waals surface area (Å²) in [7, 11) is 0. The molecule has 1 unspecified atom stereocenters. The summed E-state index contributed by atoms with van der Waals surface area (Å²) in [6.07, 6.45) is 5.21. The molecule has 5 heteroatoms. The average Bonchev–Trinajstić information content (AvgIpc) is 3.08. The second-order valence-electron chi connectivity index (χ2n) is 5.01. The Labute approximate surface area is 111 Å². The van der Waals surface area contributed by atoms with Crippen molar-refractivity contribution in [2.75, 3.05) is 13.1 Å². The predicted octanol–water partition coefficient (Wildman–Crippen LogP) is 1.43. The van der Waals surface area contributed by atoms with Gasteiger partial charge in [-0.25, -0.2) is 0 Å². The van der Waals surface area contributed by atoms with E-state index in [1.54, 1.807) is 6.20 Å². The van der Waals surface area contributed by atoms with E-state index in [9.17, 15) is 4.79 Å².